The van der Waals surface area contributed by atoms with E-state index in [0.717, 1.165) is 31.6 Å². The normalized spacial score (nSPS) is 16.0. The maximum atomic E-state index is 12.5. The number of benzene rings is 1. The summed E-state index contributed by atoms with van der Waals surface area (Å²) >= 11 is 0. The van der Waals surface area contributed by atoms with Crippen LogP contribution in [0.2, 0.25) is 0 Å². The van der Waals surface area contributed by atoms with Gasteiger partial charge >= 0.3 is 6.03 Å². The van der Waals surface area contributed by atoms with E-state index < -0.39 is 0 Å². The number of likely N-dealkylation sites (tertiary alicyclic amines) is 1. The minimum Gasteiger partial charge on any atom is -0.374 e. The third kappa shape index (κ3) is 5.81. The van der Waals surface area contributed by atoms with Gasteiger partial charge in [0.15, 0.2) is 0 Å². The molecule has 0 saturated carbocycles. The van der Waals surface area contributed by atoms with Crippen molar-refractivity contribution in [2.75, 3.05) is 30.3 Å². The van der Waals surface area contributed by atoms with Gasteiger partial charge in [0.2, 0.25) is 5.91 Å². The van der Waals surface area contributed by atoms with Crippen LogP contribution in [0.15, 0.2) is 36.9 Å². The molecule has 1 aromatic rings. The van der Waals surface area contributed by atoms with Crippen LogP contribution in [0, 0.1) is 5.92 Å². The lowest BCUT2D eigenvalue weighted by molar-refractivity contribution is -0.132. The maximum Gasteiger partial charge on any atom is 0.319 e. The first-order valence-electron chi connectivity index (χ1n) is 8.80. The number of urea groups is 1. The molecule has 0 aromatic heterocycles. The first kappa shape index (κ1) is 18.8. The van der Waals surface area contributed by atoms with E-state index in [0.29, 0.717) is 18.2 Å². The SMILES string of the molecule is C=CCNC(=O)Nc1ccc(NC(C)C(=O)N2CCC(C)CC2)cc1. The highest BCUT2D eigenvalue weighted by Gasteiger charge is 2.24. The topological polar surface area (TPSA) is 73.5 Å². The van der Waals surface area contributed by atoms with E-state index >= 15 is 0 Å². The Hall–Kier alpha value is -2.50. The van der Waals surface area contributed by atoms with Gasteiger partial charge in [-0.05, 0) is 49.9 Å². The second-order valence-electron chi connectivity index (χ2n) is 6.57. The largest absolute Gasteiger partial charge is 0.374 e. The Balaban J connectivity index is 1.84. The lowest BCUT2D eigenvalue weighted by atomic mass is 9.99. The highest BCUT2D eigenvalue weighted by atomic mass is 16.2. The number of anilines is 2. The summed E-state index contributed by atoms with van der Waals surface area (Å²) in [5.41, 5.74) is 1.54. The van der Waals surface area contributed by atoms with E-state index in [9.17, 15) is 9.59 Å². The Bertz CT molecular complexity index is 592. The Morgan fingerprint density at radius 1 is 1.24 bits per heavy atom. The van der Waals surface area contributed by atoms with Gasteiger partial charge in [0.05, 0.1) is 0 Å². The van der Waals surface area contributed by atoms with Crippen molar-refractivity contribution in [1.82, 2.24) is 10.2 Å². The zero-order valence-electron chi connectivity index (χ0n) is 15.0. The van der Waals surface area contributed by atoms with Crippen molar-refractivity contribution in [3.63, 3.8) is 0 Å². The lowest BCUT2D eigenvalue weighted by Gasteiger charge is -2.32. The summed E-state index contributed by atoms with van der Waals surface area (Å²) in [7, 11) is 0. The van der Waals surface area contributed by atoms with Crippen LogP contribution in [0.1, 0.15) is 26.7 Å². The summed E-state index contributed by atoms with van der Waals surface area (Å²) in [5, 5.41) is 8.62. The summed E-state index contributed by atoms with van der Waals surface area (Å²) < 4.78 is 0. The molecular formula is C19H28N4O2. The predicted molar refractivity (Wildman–Crippen MR) is 102 cm³/mol. The number of piperidine rings is 1. The van der Waals surface area contributed by atoms with Gasteiger partial charge in [-0.1, -0.05) is 13.0 Å². The Morgan fingerprint density at radius 3 is 2.44 bits per heavy atom. The second kappa shape index (κ2) is 9.11. The molecule has 0 aliphatic carbocycles. The van der Waals surface area contributed by atoms with Crippen molar-refractivity contribution in [2.24, 2.45) is 5.92 Å². The third-order valence-corrected chi connectivity index (χ3v) is 4.40. The summed E-state index contributed by atoms with van der Waals surface area (Å²) in [5.74, 6) is 0.842. The van der Waals surface area contributed by atoms with Crippen molar-refractivity contribution < 1.29 is 9.59 Å². The van der Waals surface area contributed by atoms with Crippen molar-refractivity contribution in [1.29, 1.82) is 0 Å². The van der Waals surface area contributed by atoms with Crippen molar-refractivity contribution in [3.8, 4) is 0 Å². The number of amides is 3. The molecule has 2 rings (SSSR count). The van der Waals surface area contributed by atoms with E-state index in [1.54, 1.807) is 18.2 Å². The van der Waals surface area contributed by atoms with Gasteiger partial charge in [0, 0.05) is 31.0 Å². The van der Waals surface area contributed by atoms with Gasteiger partial charge in [-0.2, -0.15) is 0 Å². The number of carbonyl (C=O) groups is 2. The molecule has 6 nitrogen and oxygen atoms in total. The van der Waals surface area contributed by atoms with E-state index in [4.69, 9.17) is 0 Å². The molecule has 1 aliphatic rings. The zero-order chi connectivity index (χ0) is 18.2. The summed E-state index contributed by atoms with van der Waals surface area (Å²) in [4.78, 5) is 26.0. The lowest BCUT2D eigenvalue weighted by Crippen LogP contribution is -2.45. The van der Waals surface area contributed by atoms with E-state index in [1.165, 1.54) is 0 Å². The van der Waals surface area contributed by atoms with E-state index in [1.807, 2.05) is 24.0 Å². The fraction of sp³-hybridized carbons (Fsp3) is 0.474. The molecule has 0 spiro atoms. The van der Waals surface area contributed by atoms with Crippen LogP contribution in [0.25, 0.3) is 0 Å². The number of rotatable bonds is 6. The van der Waals surface area contributed by atoms with E-state index in [-0.39, 0.29) is 18.0 Å². The number of hydrogen-bond acceptors (Lipinski definition) is 3. The number of hydrogen-bond donors (Lipinski definition) is 3. The Labute approximate surface area is 149 Å². The molecule has 3 amide bonds. The molecule has 0 radical (unpaired) electrons. The molecule has 1 heterocycles. The molecule has 1 atom stereocenters. The first-order chi connectivity index (χ1) is 12.0. The zero-order valence-corrected chi connectivity index (χ0v) is 15.0. The number of nitrogens with one attached hydrogen (secondary N) is 3. The smallest absolute Gasteiger partial charge is 0.319 e. The van der Waals surface area contributed by atoms with Gasteiger partial charge in [0.25, 0.3) is 0 Å². The molecule has 3 N–H and O–H groups in total. The number of carbonyl (C=O) groups excluding carboxylic acids is 2. The van der Waals surface area contributed by atoms with Crippen LogP contribution in [0.5, 0.6) is 0 Å². The van der Waals surface area contributed by atoms with Crippen molar-refractivity contribution in [2.45, 2.75) is 32.7 Å². The molecule has 1 aromatic carbocycles. The average molecular weight is 344 g/mol. The van der Waals surface area contributed by atoms with Gasteiger partial charge < -0.3 is 20.9 Å². The van der Waals surface area contributed by atoms with Crippen LogP contribution < -0.4 is 16.0 Å². The van der Waals surface area contributed by atoms with Gasteiger partial charge in [-0.3, -0.25) is 4.79 Å². The molecule has 1 unspecified atom stereocenters. The monoisotopic (exact) mass is 344 g/mol. The quantitative estimate of drug-likeness (QED) is 0.695. The third-order valence-electron chi connectivity index (χ3n) is 4.40. The maximum absolute atomic E-state index is 12.5. The first-order valence-corrected chi connectivity index (χ1v) is 8.80. The molecule has 6 heteroatoms. The second-order valence-corrected chi connectivity index (χ2v) is 6.57. The van der Waals surface area contributed by atoms with Crippen LogP contribution in [-0.2, 0) is 4.79 Å². The molecule has 1 fully saturated rings. The molecule has 1 saturated heterocycles. The van der Waals surface area contributed by atoms with Crippen LogP contribution in [0.3, 0.4) is 0 Å². The van der Waals surface area contributed by atoms with E-state index in [2.05, 4.69) is 29.5 Å². The highest BCUT2D eigenvalue weighted by molar-refractivity contribution is 5.89. The van der Waals surface area contributed by atoms with Crippen LogP contribution in [0.4, 0.5) is 16.2 Å². The Morgan fingerprint density at radius 2 is 1.84 bits per heavy atom. The molecular weight excluding hydrogens is 316 g/mol. The standard InChI is InChI=1S/C19H28N4O2/c1-4-11-20-19(25)22-17-7-5-16(6-8-17)21-15(3)18(24)23-12-9-14(2)10-13-23/h4-8,14-15,21H,1,9-13H2,2-3H3,(H2,20,22,25). The summed E-state index contributed by atoms with van der Waals surface area (Å²) in [6.45, 7) is 9.77. The van der Waals surface area contributed by atoms with Gasteiger partial charge in [-0.15, -0.1) is 6.58 Å². The van der Waals surface area contributed by atoms with Crippen molar-refractivity contribution >= 4 is 23.3 Å². The van der Waals surface area contributed by atoms with Crippen molar-refractivity contribution in [3.05, 3.63) is 36.9 Å². The summed E-state index contributed by atoms with van der Waals surface area (Å²) in [6, 6.07) is 6.76. The predicted octanol–water partition coefficient (Wildman–Crippen LogP) is 3.05. The van der Waals surface area contributed by atoms with Crippen LogP contribution in [-0.4, -0.2) is 42.5 Å². The molecule has 1 aliphatic heterocycles. The fourth-order valence-electron chi connectivity index (χ4n) is 2.80. The fourth-order valence-corrected chi connectivity index (χ4v) is 2.80. The van der Waals surface area contributed by atoms with Gasteiger partial charge in [0.1, 0.15) is 6.04 Å². The van der Waals surface area contributed by atoms with Crippen LogP contribution >= 0.6 is 0 Å². The number of nitrogens with zero attached hydrogens (tertiary/aromatic N) is 1. The molecule has 0 bridgehead atoms. The summed E-state index contributed by atoms with van der Waals surface area (Å²) in [6.07, 6.45) is 3.77. The minimum atomic E-state index is -0.275. The Kier molecular flexibility index (Phi) is 6.86. The average Bonchev–Trinajstić information content (AvgIpc) is 2.61. The molecule has 25 heavy (non-hydrogen) atoms. The molecule has 136 valence electrons. The van der Waals surface area contributed by atoms with Gasteiger partial charge in [-0.25, -0.2) is 4.79 Å². The highest BCUT2D eigenvalue weighted by Crippen LogP contribution is 2.18. The minimum absolute atomic E-state index is 0.137.